The van der Waals surface area contributed by atoms with E-state index in [4.69, 9.17) is 14.2 Å². The van der Waals surface area contributed by atoms with E-state index in [1.165, 1.54) is 19.3 Å². The first kappa shape index (κ1) is 53.0. The molecular formula is C49H78NO7+. The first-order chi connectivity index (χ1) is 27.6. The van der Waals surface area contributed by atoms with Crippen molar-refractivity contribution in [3.05, 3.63) is 109 Å². The van der Waals surface area contributed by atoms with Gasteiger partial charge in [-0.05, 0) is 64.2 Å². The van der Waals surface area contributed by atoms with Gasteiger partial charge < -0.3 is 23.8 Å². The molecule has 0 saturated carbocycles. The van der Waals surface area contributed by atoms with Crippen molar-refractivity contribution >= 4 is 17.9 Å². The largest absolute Gasteiger partial charge is 0.477 e. The average molecular weight is 793 g/mol. The van der Waals surface area contributed by atoms with E-state index in [9.17, 15) is 19.5 Å². The number of unbranched alkanes of at least 4 members (excludes halogenated alkanes) is 8. The SMILES string of the molecule is CC/C=C/C=C/C=C/C=C/C=C/CCCC(=O)OC(COCCC(C(=O)O)[N+](C)(C)C)COC(=O)CCCCCCCCC/C=C/C/C=C/C/C=C/C/C=C/CC. The Labute approximate surface area is 347 Å². The summed E-state index contributed by atoms with van der Waals surface area (Å²) in [5.41, 5.74) is 0. The van der Waals surface area contributed by atoms with Gasteiger partial charge in [-0.15, -0.1) is 0 Å². The lowest BCUT2D eigenvalue weighted by atomic mass is 10.1. The van der Waals surface area contributed by atoms with E-state index in [1.807, 2.05) is 75.8 Å². The number of aliphatic carboxylic acids is 1. The summed E-state index contributed by atoms with van der Waals surface area (Å²) in [4.78, 5) is 36.9. The molecule has 2 unspecified atom stereocenters. The number of carbonyl (C=O) groups is 3. The maximum absolute atomic E-state index is 12.7. The normalized spacial score (nSPS) is 14.1. The maximum atomic E-state index is 12.7. The molecule has 8 heteroatoms. The standard InChI is InChI=1S/C49H77NO7/c1-6-8-10-12-14-16-18-20-21-22-23-24-25-26-28-29-31-33-35-37-39-47(51)56-44-45(43-55-42-41-46(49(53)54)50(3,4)5)57-48(52)40-38-36-34-32-30-27-19-17-15-13-11-9-7-2/h8-11,13-17,19-21,23-24,27,30,32,34,45-46H,6-7,12,18,22,25-26,28-29,31,33,35-44H2,1-5H3/p+1/b10-8+,11-9+,15-13+,16-14+,19-17+,21-20+,24-23+,30-27+,34-32+. The van der Waals surface area contributed by atoms with E-state index < -0.39 is 18.1 Å². The summed E-state index contributed by atoms with van der Waals surface area (Å²) in [5, 5.41) is 9.61. The van der Waals surface area contributed by atoms with Crippen molar-refractivity contribution < 1.29 is 38.2 Å². The third kappa shape index (κ3) is 37.3. The fourth-order valence-corrected chi connectivity index (χ4v) is 5.52. The Morgan fingerprint density at radius 1 is 0.544 bits per heavy atom. The minimum Gasteiger partial charge on any atom is -0.477 e. The van der Waals surface area contributed by atoms with Crippen molar-refractivity contribution in [3.8, 4) is 0 Å². The van der Waals surface area contributed by atoms with E-state index in [2.05, 4.69) is 68.5 Å². The molecule has 0 aromatic heterocycles. The molecule has 0 aromatic carbocycles. The van der Waals surface area contributed by atoms with Crippen LogP contribution in [-0.4, -0.2) is 80.6 Å². The minimum atomic E-state index is -0.894. The highest BCUT2D eigenvalue weighted by atomic mass is 16.6. The second-order valence-corrected chi connectivity index (χ2v) is 15.0. The molecule has 0 radical (unpaired) electrons. The summed E-state index contributed by atoms with van der Waals surface area (Å²) < 4.78 is 17.2. The number of carboxylic acids is 1. The van der Waals surface area contributed by atoms with Crippen LogP contribution in [0.15, 0.2) is 109 Å². The molecule has 0 fully saturated rings. The van der Waals surface area contributed by atoms with Crippen LogP contribution in [-0.2, 0) is 28.6 Å². The topological polar surface area (TPSA) is 99.1 Å². The number of likely N-dealkylation sites (N-methyl/N-ethyl adjacent to an activating group) is 1. The van der Waals surface area contributed by atoms with Gasteiger partial charge in [0.2, 0.25) is 0 Å². The van der Waals surface area contributed by atoms with Crippen LogP contribution in [0.4, 0.5) is 0 Å². The quantitative estimate of drug-likeness (QED) is 0.0222. The summed E-state index contributed by atoms with van der Waals surface area (Å²) in [7, 11) is 5.48. The van der Waals surface area contributed by atoms with Crippen LogP contribution in [0.2, 0.25) is 0 Å². The van der Waals surface area contributed by atoms with Crippen LogP contribution in [0.3, 0.4) is 0 Å². The highest BCUT2D eigenvalue weighted by molar-refractivity contribution is 5.72. The molecule has 0 bridgehead atoms. The number of rotatable bonds is 36. The molecule has 0 aromatic rings. The second-order valence-electron chi connectivity index (χ2n) is 15.0. The van der Waals surface area contributed by atoms with Crippen LogP contribution < -0.4 is 0 Å². The second kappa shape index (κ2) is 38.8. The summed E-state index contributed by atoms with van der Waals surface area (Å²) in [6.07, 6.45) is 52.9. The molecule has 320 valence electrons. The third-order valence-electron chi connectivity index (χ3n) is 8.80. The zero-order valence-electron chi connectivity index (χ0n) is 36.2. The lowest BCUT2D eigenvalue weighted by Crippen LogP contribution is -2.50. The van der Waals surface area contributed by atoms with Gasteiger partial charge in [0, 0.05) is 19.3 Å². The van der Waals surface area contributed by atoms with E-state index in [1.54, 1.807) is 0 Å². The number of hydrogen-bond acceptors (Lipinski definition) is 6. The number of carbonyl (C=O) groups excluding carboxylic acids is 2. The molecule has 8 nitrogen and oxygen atoms in total. The van der Waals surface area contributed by atoms with E-state index in [0.29, 0.717) is 25.7 Å². The van der Waals surface area contributed by atoms with E-state index in [0.717, 1.165) is 64.2 Å². The van der Waals surface area contributed by atoms with Crippen LogP contribution in [0, 0.1) is 0 Å². The molecule has 0 heterocycles. The number of allylic oxidation sites excluding steroid dienone is 18. The smallest absolute Gasteiger partial charge is 0.362 e. The van der Waals surface area contributed by atoms with Crippen molar-refractivity contribution in [1.29, 1.82) is 0 Å². The fourth-order valence-electron chi connectivity index (χ4n) is 5.52. The van der Waals surface area contributed by atoms with Gasteiger partial charge in [-0.3, -0.25) is 9.59 Å². The van der Waals surface area contributed by atoms with Gasteiger partial charge in [0.15, 0.2) is 12.1 Å². The summed E-state index contributed by atoms with van der Waals surface area (Å²) in [6.45, 7) is 4.36. The Balaban J connectivity index is 4.45. The molecule has 0 amide bonds. The molecule has 0 rings (SSSR count). The van der Waals surface area contributed by atoms with Crippen molar-refractivity contribution in [2.45, 2.75) is 142 Å². The van der Waals surface area contributed by atoms with Gasteiger partial charge in [0.1, 0.15) is 6.61 Å². The molecule has 0 aliphatic rings. The molecule has 1 N–H and O–H groups in total. The fraction of sp³-hybridized carbons (Fsp3) is 0.571. The van der Waals surface area contributed by atoms with Gasteiger partial charge in [-0.25, -0.2) is 4.79 Å². The van der Waals surface area contributed by atoms with Crippen molar-refractivity contribution in [3.63, 3.8) is 0 Å². The van der Waals surface area contributed by atoms with Gasteiger partial charge in [-0.2, -0.15) is 0 Å². The zero-order chi connectivity index (χ0) is 42.1. The maximum Gasteiger partial charge on any atom is 0.362 e. The number of ether oxygens (including phenoxy) is 3. The van der Waals surface area contributed by atoms with Crippen LogP contribution in [0.25, 0.3) is 0 Å². The summed E-state index contributed by atoms with van der Waals surface area (Å²) in [5.74, 6) is -1.60. The minimum absolute atomic E-state index is 0.0209. The molecule has 2 atom stereocenters. The Bertz CT molecular complexity index is 1290. The molecule has 57 heavy (non-hydrogen) atoms. The average Bonchev–Trinajstić information content (AvgIpc) is 3.17. The number of nitrogens with zero attached hydrogens (tertiary/aromatic N) is 1. The predicted molar refractivity (Wildman–Crippen MR) is 238 cm³/mol. The molecule has 0 aliphatic heterocycles. The summed E-state index contributed by atoms with van der Waals surface area (Å²) in [6, 6.07) is -0.636. The Kier molecular flexibility index (Phi) is 36.1. The highest BCUT2D eigenvalue weighted by Crippen LogP contribution is 2.12. The van der Waals surface area contributed by atoms with Gasteiger partial charge >= 0.3 is 17.9 Å². The van der Waals surface area contributed by atoms with E-state index in [-0.39, 0.29) is 42.7 Å². The number of quaternary nitrogens is 1. The van der Waals surface area contributed by atoms with Crippen molar-refractivity contribution in [2.24, 2.45) is 0 Å². The summed E-state index contributed by atoms with van der Waals surface area (Å²) >= 11 is 0. The molecular weight excluding hydrogens is 715 g/mol. The number of hydrogen-bond donors (Lipinski definition) is 1. The first-order valence-electron chi connectivity index (χ1n) is 21.5. The molecule has 0 spiro atoms. The lowest BCUT2D eigenvalue weighted by Gasteiger charge is -2.31. The number of esters is 2. The monoisotopic (exact) mass is 793 g/mol. The lowest BCUT2D eigenvalue weighted by molar-refractivity contribution is -0.887. The Hall–Kier alpha value is -4.01. The molecule has 0 aliphatic carbocycles. The zero-order valence-corrected chi connectivity index (χ0v) is 36.2. The Morgan fingerprint density at radius 3 is 1.61 bits per heavy atom. The highest BCUT2D eigenvalue weighted by Gasteiger charge is 2.31. The first-order valence-corrected chi connectivity index (χ1v) is 21.5. The van der Waals surface area contributed by atoms with Gasteiger partial charge in [0.25, 0.3) is 0 Å². The van der Waals surface area contributed by atoms with Crippen molar-refractivity contribution in [1.82, 2.24) is 0 Å². The van der Waals surface area contributed by atoms with Crippen LogP contribution >= 0.6 is 0 Å². The third-order valence-corrected chi connectivity index (χ3v) is 8.80. The molecule has 0 saturated heterocycles. The van der Waals surface area contributed by atoms with E-state index >= 15 is 0 Å². The van der Waals surface area contributed by atoms with Crippen molar-refractivity contribution in [2.75, 3.05) is 41.0 Å². The Morgan fingerprint density at radius 2 is 1.04 bits per heavy atom. The predicted octanol–water partition coefficient (Wildman–Crippen LogP) is 11.7. The number of carboxylic acid groups (broad SMARTS) is 1. The van der Waals surface area contributed by atoms with Gasteiger partial charge in [-0.1, -0.05) is 155 Å². The van der Waals surface area contributed by atoms with Gasteiger partial charge in [0.05, 0.1) is 34.4 Å². The van der Waals surface area contributed by atoms with Crippen LogP contribution in [0.1, 0.15) is 129 Å². The van der Waals surface area contributed by atoms with Crippen LogP contribution in [0.5, 0.6) is 0 Å².